The molecule has 2 aromatic heterocycles. The van der Waals surface area contributed by atoms with E-state index in [2.05, 4.69) is 30.7 Å². The minimum absolute atomic E-state index is 0.0731. The van der Waals surface area contributed by atoms with E-state index in [9.17, 15) is 13.2 Å². The average Bonchev–Trinajstić information content (AvgIpc) is 2.98. The zero-order valence-electron chi connectivity index (χ0n) is 13.7. The predicted molar refractivity (Wildman–Crippen MR) is 83.8 cm³/mol. The van der Waals surface area contributed by atoms with Gasteiger partial charge in [0.25, 0.3) is 0 Å². The topological polar surface area (TPSA) is 89.2 Å². The van der Waals surface area contributed by atoms with E-state index in [0.29, 0.717) is 23.9 Å². The highest BCUT2D eigenvalue weighted by Crippen LogP contribution is 2.19. The van der Waals surface area contributed by atoms with Crippen LogP contribution in [0.15, 0.2) is 29.6 Å². The van der Waals surface area contributed by atoms with Crippen LogP contribution >= 0.6 is 0 Å². The molecule has 0 amide bonds. The summed E-state index contributed by atoms with van der Waals surface area (Å²) < 4.78 is 43.3. The molecular formula is C14H18F3N7O. The van der Waals surface area contributed by atoms with E-state index >= 15 is 0 Å². The lowest BCUT2D eigenvalue weighted by molar-refractivity contribution is -0.154. The molecule has 0 bridgehead atoms. The highest BCUT2D eigenvalue weighted by atomic mass is 19.4. The van der Waals surface area contributed by atoms with Crippen molar-refractivity contribution >= 4 is 5.96 Å². The van der Waals surface area contributed by atoms with Crippen molar-refractivity contribution < 1.29 is 17.9 Å². The van der Waals surface area contributed by atoms with Gasteiger partial charge in [0.2, 0.25) is 5.88 Å². The molecule has 2 heterocycles. The lowest BCUT2D eigenvalue weighted by Gasteiger charge is -2.14. The third-order valence-electron chi connectivity index (χ3n) is 3.11. The number of nitrogens with one attached hydrogen (secondary N) is 2. The maximum atomic E-state index is 12.3. The Bertz CT molecular complexity index is 714. The van der Waals surface area contributed by atoms with Gasteiger partial charge in [-0.1, -0.05) is 6.07 Å². The largest absolute Gasteiger partial charge is 0.468 e. The minimum atomic E-state index is -4.42. The van der Waals surface area contributed by atoms with E-state index < -0.39 is 12.8 Å². The predicted octanol–water partition coefficient (Wildman–Crippen LogP) is 1.02. The molecule has 136 valence electrons. The number of hydrogen-bond donors (Lipinski definition) is 2. The molecule has 11 heteroatoms. The zero-order chi connectivity index (χ0) is 18.3. The van der Waals surface area contributed by atoms with Crippen molar-refractivity contribution in [3.63, 3.8) is 0 Å². The monoisotopic (exact) mass is 357 g/mol. The molecule has 0 saturated carbocycles. The number of nitrogens with zero attached hydrogens (tertiary/aromatic N) is 5. The van der Waals surface area contributed by atoms with Crippen molar-refractivity contribution in [2.75, 3.05) is 13.7 Å². The van der Waals surface area contributed by atoms with Crippen LogP contribution in [0.4, 0.5) is 13.2 Å². The molecule has 2 aromatic rings. The lowest BCUT2D eigenvalue weighted by Crippen LogP contribution is -2.37. The summed E-state index contributed by atoms with van der Waals surface area (Å²) in [5.41, 5.74) is 0.480. The number of aryl methyl sites for hydroxylation is 1. The summed E-state index contributed by atoms with van der Waals surface area (Å²) in [4.78, 5) is 12.0. The Kier molecular flexibility index (Phi) is 6.14. The van der Waals surface area contributed by atoms with Crippen LogP contribution in [-0.4, -0.2) is 45.5 Å². The molecule has 0 aliphatic rings. The first-order valence-corrected chi connectivity index (χ1v) is 7.30. The molecule has 0 saturated heterocycles. The van der Waals surface area contributed by atoms with Gasteiger partial charge in [0.05, 0.1) is 6.54 Å². The molecule has 0 atom stereocenters. The summed E-state index contributed by atoms with van der Waals surface area (Å²) in [6.45, 7) is -0.809. The fourth-order valence-electron chi connectivity index (χ4n) is 1.88. The number of hydrogen-bond acceptors (Lipinski definition) is 5. The van der Waals surface area contributed by atoms with Gasteiger partial charge in [-0.05, 0) is 6.07 Å². The van der Waals surface area contributed by atoms with Crippen LogP contribution in [0.2, 0.25) is 0 Å². The highest BCUT2D eigenvalue weighted by molar-refractivity contribution is 5.79. The van der Waals surface area contributed by atoms with Gasteiger partial charge in [-0.3, -0.25) is 9.67 Å². The molecule has 0 radical (unpaired) electrons. The number of ether oxygens (including phenoxy) is 1. The van der Waals surface area contributed by atoms with Gasteiger partial charge in [0.1, 0.15) is 12.2 Å². The molecular weight excluding hydrogens is 339 g/mol. The standard InChI is InChI=1S/C14H18F3N7O/c1-18-13(21-7-11-22-9-23-24(11)2)20-6-10-4-3-5-19-12(10)25-8-14(15,16)17/h3-5,9H,6-8H2,1-2H3,(H2,18,20,21). The number of alkyl halides is 3. The second kappa shape index (κ2) is 8.31. The Balaban J connectivity index is 1.91. The number of pyridine rings is 1. The van der Waals surface area contributed by atoms with E-state index in [4.69, 9.17) is 4.74 Å². The average molecular weight is 357 g/mol. The molecule has 8 nitrogen and oxygen atoms in total. The van der Waals surface area contributed by atoms with Gasteiger partial charge >= 0.3 is 6.18 Å². The quantitative estimate of drug-likeness (QED) is 0.593. The van der Waals surface area contributed by atoms with Crippen molar-refractivity contribution in [1.82, 2.24) is 30.4 Å². The van der Waals surface area contributed by atoms with E-state index in [0.717, 1.165) is 0 Å². The molecule has 0 aliphatic heterocycles. The van der Waals surface area contributed by atoms with Crippen LogP contribution in [0.25, 0.3) is 0 Å². The summed E-state index contributed by atoms with van der Waals surface area (Å²) >= 11 is 0. The van der Waals surface area contributed by atoms with E-state index in [1.165, 1.54) is 12.5 Å². The summed E-state index contributed by atoms with van der Waals surface area (Å²) in [5, 5.41) is 9.97. The Morgan fingerprint density at radius 3 is 2.68 bits per heavy atom. The third-order valence-corrected chi connectivity index (χ3v) is 3.11. The molecule has 25 heavy (non-hydrogen) atoms. The van der Waals surface area contributed by atoms with E-state index in [-0.39, 0.29) is 12.4 Å². The van der Waals surface area contributed by atoms with Gasteiger partial charge in [0.15, 0.2) is 12.6 Å². The number of rotatable bonds is 6. The molecule has 0 fully saturated rings. The molecule has 2 rings (SSSR count). The summed E-state index contributed by atoms with van der Waals surface area (Å²) in [7, 11) is 3.34. The van der Waals surface area contributed by atoms with Crippen LogP contribution in [0, 0.1) is 0 Å². The Hall–Kier alpha value is -2.85. The molecule has 0 unspecified atom stereocenters. The van der Waals surface area contributed by atoms with Crippen LogP contribution in [-0.2, 0) is 20.1 Å². The van der Waals surface area contributed by atoms with Crippen LogP contribution in [0.3, 0.4) is 0 Å². The van der Waals surface area contributed by atoms with Gasteiger partial charge < -0.3 is 15.4 Å². The number of guanidine groups is 1. The van der Waals surface area contributed by atoms with Gasteiger partial charge in [-0.25, -0.2) is 9.97 Å². The molecule has 0 aromatic carbocycles. The fraction of sp³-hybridized carbons (Fsp3) is 0.429. The maximum Gasteiger partial charge on any atom is 0.422 e. The summed E-state index contributed by atoms with van der Waals surface area (Å²) in [6.07, 6.45) is -1.61. The van der Waals surface area contributed by atoms with Gasteiger partial charge in [0, 0.05) is 32.4 Å². The van der Waals surface area contributed by atoms with Crippen molar-refractivity contribution in [2.45, 2.75) is 19.3 Å². The first-order valence-electron chi connectivity index (χ1n) is 7.30. The van der Waals surface area contributed by atoms with Crippen molar-refractivity contribution in [3.8, 4) is 5.88 Å². The van der Waals surface area contributed by atoms with Crippen LogP contribution < -0.4 is 15.4 Å². The number of aliphatic imine (C=N–C) groups is 1. The second-order valence-electron chi connectivity index (χ2n) is 4.95. The summed E-state index contributed by atoms with van der Waals surface area (Å²) in [5.74, 6) is 1.09. The van der Waals surface area contributed by atoms with Crippen molar-refractivity contribution in [3.05, 3.63) is 36.0 Å². The highest BCUT2D eigenvalue weighted by Gasteiger charge is 2.29. The first-order chi connectivity index (χ1) is 11.9. The second-order valence-corrected chi connectivity index (χ2v) is 4.95. The molecule has 0 aliphatic carbocycles. The van der Waals surface area contributed by atoms with E-state index in [1.54, 1.807) is 30.9 Å². The number of aromatic nitrogens is 4. The fourth-order valence-corrected chi connectivity index (χ4v) is 1.88. The number of halogens is 3. The van der Waals surface area contributed by atoms with Gasteiger partial charge in [-0.2, -0.15) is 18.3 Å². The smallest absolute Gasteiger partial charge is 0.422 e. The van der Waals surface area contributed by atoms with Gasteiger partial charge in [-0.15, -0.1) is 0 Å². The minimum Gasteiger partial charge on any atom is -0.468 e. The Morgan fingerprint density at radius 2 is 2.04 bits per heavy atom. The Labute approximate surface area is 142 Å². The molecule has 2 N–H and O–H groups in total. The normalized spacial score (nSPS) is 12.1. The van der Waals surface area contributed by atoms with Crippen molar-refractivity contribution in [1.29, 1.82) is 0 Å². The lowest BCUT2D eigenvalue weighted by atomic mass is 10.2. The maximum absolute atomic E-state index is 12.3. The first kappa shape index (κ1) is 18.5. The zero-order valence-corrected chi connectivity index (χ0v) is 13.7. The summed E-state index contributed by atoms with van der Waals surface area (Å²) in [6, 6.07) is 3.24. The third kappa shape index (κ3) is 5.94. The molecule has 0 spiro atoms. The SMILES string of the molecule is CN=C(NCc1cccnc1OCC(F)(F)F)NCc1ncnn1C. The van der Waals surface area contributed by atoms with E-state index in [1.807, 2.05) is 0 Å². The van der Waals surface area contributed by atoms with Crippen LogP contribution in [0.1, 0.15) is 11.4 Å². The Morgan fingerprint density at radius 1 is 1.28 bits per heavy atom. The van der Waals surface area contributed by atoms with Crippen LogP contribution in [0.5, 0.6) is 5.88 Å². The van der Waals surface area contributed by atoms with Crippen molar-refractivity contribution in [2.24, 2.45) is 12.0 Å².